The van der Waals surface area contributed by atoms with Gasteiger partial charge >= 0.3 is 0 Å². The molecule has 0 aliphatic heterocycles. The SMILES string of the molecule is CCCCCc1cc(C(C)(C)C)on1. The van der Waals surface area contributed by atoms with Crippen LogP contribution in [0.4, 0.5) is 0 Å². The highest BCUT2D eigenvalue weighted by Crippen LogP contribution is 2.23. The fraction of sp³-hybridized carbons (Fsp3) is 0.750. The zero-order valence-electron chi connectivity index (χ0n) is 9.76. The molecule has 0 aliphatic rings. The van der Waals surface area contributed by atoms with Crippen LogP contribution < -0.4 is 0 Å². The largest absolute Gasteiger partial charge is 0.361 e. The summed E-state index contributed by atoms with van der Waals surface area (Å²) in [6, 6.07) is 2.09. The molecule has 0 saturated carbocycles. The molecule has 0 N–H and O–H groups in total. The minimum Gasteiger partial charge on any atom is -0.361 e. The van der Waals surface area contributed by atoms with Gasteiger partial charge in [-0.05, 0) is 12.8 Å². The molecule has 0 fully saturated rings. The van der Waals surface area contributed by atoms with Crippen LogP contribution >= 0.6 is 0 Å². The van der Waals surface area contributed by atoms with Crippen molar-refractivity contribution < 1.29 is 4.52 Å². The summed E-state index contributed by atoms with van der Waals surface area (Å²) < 4.78 is 5.31. The number of nitrogens with zero attached hydrogens (tertiary/aromatic N) is 1. The van der Waals surface area contributed by atoms with Crippen molar-refractivity contribution >= 4 is 0 Å². The summed E-state index contributed by atoms with van der Waals surface area (Å²) in [5.74, 6) is 0.990. The lowest BCUT2D eigenvalue weighted by molar-refractivity contribution is 0.325. The lowest BCUT2D eigenvalue weighted by Crippen LogP contribution is -2.09. The number of aryl methyl sites for hydroxylation is 1. The molecule has 80 valence electrons. The van der Waals surface area contributed by atoms with E-state index in [-0.39, 0.29) is 5.41 Å². The van der Waals surface area contributed by atoms with Gasteiger partial charge in [-0.15, -0.1) is 0 Å². The molecule has 0 atom stereocenters. The fourth-order valence-electron chi connectivity index (χ4n) is 1.34. The van der Waals surface area contributed by atoms with Crippen LogP contribution in [-0.4, -0.2) is 5.16 Å². The molecule has 1 aromatic heterocycles. The summed E-state index contributed by atoms with van der Waals surface area (Å²) in [7, 11) is 0. The second-order valence-electron chi connectivity index (χ2n) is 4.89. The third-order valence-electron chi connectivity index (χ3n) is 2.33. The maximum atomic E-state index is 5.31. The van der Waals surface area contributed by atoms with Crippen LogP contribution in [0.5, 0.6) is 0 Å². The van der Waals surface area contributed by atoms with E-state index in [1.54, 1.807) is 0 Å². The molecule has 2 nitrogen and oxygen atoms in total. The fourth-order valence-corrected chi connectivity index (χ4v) is 1.34. The first-order valence-electron chi connectivity index (χ1n) is 5.50. The van der Waals surface area contributed by atoms with Gasteiger partial charge < -0.3 is 4.52 Å². The number of hydrogen-bond acceptors (Lipinski definition) is 2. The van der Waals surface area contributed by atoms with Crippen LogP contribution in [0.3, 0.4) is 0 Å². The van der Waals surface area contributed by atoms with E-state index in [1.165, 1.54) is 19.3 Å². The van der Waals surface area contributed by atoms with Crippen molar-refractivity contribution in [2.75, 3.05) is 0 Å². The molecule has 2 heteroatoms. The second-order valence-corrected chi connectivity index (χ2v) is 4.89. The summed E-state index contributed by atoms with van der Waals surface area (Å²) in [6.07, 6.45) is 4.79. The molecule has 0 radical (unpaired) electrons. The van der Waals surface area contributed by atoms with Crippen molar-refractivity contribution in [2.45, 2.75) is 58.8 Å². The maximum Gasteiger partial charge on any atom is 0.142 e. The Bertz CT molecular complexity index is 270. The Balaban J connectivity index is 2.51. The predicted octanol–water partition coefficient (Wildman–Crippen LogP) is 3.70. The van der Waals surface area contributed by atoms with Gasteiger partial charge in [0.2, 0.25) is 0 Å². The van der Waals surface area contributed by atoms with Gasteiger partial charge in [-0.1, -0.05) is 45.7 Å². The molecule has 0 spiro atoms. The molecule has 0 aliphatic carbocycles. The average Bonchev–Trinajstić information content (AvgIpc) is 2.52. The number of aromatic nitrogens is 1. The number of unbranched alkanes of at least 4 members (excludes halogenated alkanes) is 2. The summed E-state index contributed by atoms with van der Waals surface area (Å²) in [5.41, 5.74) is 1.18. The molecule has 0 saturated heterocycles. The first kappa shape index (κ1) is 11.3. The number of rotatable bonds is 4. The van der Waals surface area contributed by atoms with Gasteiger partial charge in [0, 0.05) is 11.5 Å². The van der Waals surface area contributed by atoms with Crippen molar-refractivity contribution in [1.82, 2.24) is 5.16 Å². The minimum absolute atomic E-state index is 0.0794. The summed E-state index contributed by atoms with van der Waals surface area (Å²) >= 11 is 0. The quantitative estimate of drug-likeness (QED) is 0.684. The Kier molecular flexibility index (Phi) is 3.73. The monoisotopic (exact) mass is 195 g/mol. The highest BCUT2D eigenvalue weighted by Gasteiger charge is 2.19. The van der Waals surface area contributed by atoms with Crippen molar-refractivity contribution in [2.24, 2.45) is 0 Å². The molecule has 0 aromatic carbocycles. The van der Waals surface area contributed by atoms with E-state index in [2.05, 4.69) is 38.9 Å². The van der Waals surface area contributed by atoms with Gasteiger partial charge in [-0.2, -0.15) is 0 Å². The molecule has 0 bridgehead atoms. The summed E-state index contributed by atoms with van der Waals surface area (Å²) in [5, 5.41) is 4.08. The van der Waals surface area contributed by atoms with Crippen molar-refractivity contribution in [3.05, 3.63) is 17.5 Å². The molecule has 1 aromatic rings. The maximum absolute atomic E-state index is 5.31. The smallest absolute Gasteiger partial charge is 0.142 e. The average molecular weight is 195 g/mol. The third kappa shape index (κ3) is 3.17. The Hall–Kier alpha value is -0.790. The molecular weight excluding hydrogens is 174 g/mol. The number of hydrogen-bond donors (Lipinski definition) is 0. The van der Waals surface area contributed by atoms with Crippen LogP contribution in [0, 0.1) is 0 Å². The molecular formula is C12H21NO. The second kappa shape index (κ2) is 4.63. The lowest BCUT2D eigenvalue weighted by Gasteiger charge is -2.12. The van der Waals surface area contributed by atoms with E-state index in [4.69, 9.17) is 4.52 Å². The van der Waals surface area contributed by atoms with Gasteiger partial charge in [-0.25, -0.2) is 0 Å². The van der Waals surface area contributed by atoms with E-state index < -0.39 is 0 Å². The highest BCUT2D eigenvalue weighted by molar-refractivity contribution is 5.12. The van der Waals surface area contributed by atoms with Crippen molar-refractivity contribution in [1.29, 1.82) is 0 Å². The van der Waals surface area contributed by atoms with Gasteiger partial charge in [-0.3, -0.25) is 0 Å². The molecule has 1 heterocycles. The van der Waals surface area contributed by atoms with Gasteiger partial charge in [0.25, 0.3) is 0 Å². The van der Waals surface area contributed by atoms with Crippen molar-refractivity contribution in [3.8, 4) is 0 Å². The zero-order valence-corrected chi connectivity index (χ0v) is 9.76. The Morgan fingerprint density at radius 2 is 2.00 bits per heavy atom. The van der Waals surface area contributed by atoms with Crippen LogP contribution in [0.1, 0.15) is 58.4 Å². The Morgan fingerprint density at radius 3 is 2.50 bits per heavy atom. The predicted molar refractivity (Wildman–Crippen MR) is 58.4 cm³/mol. The van der Waals surface area contributed by atoms with E-state index in [9.17, 15) is 0 Å². The molecule has 14 heavy (non-hydrogen) atoms. The minimum atomic E-state index is 0.0794. The molecule has 0 amide bonds. The Labute approximate surface area is 86.7 Å². The standard InChI is InChI=1S/C12H21NO/c1-5-6-7-8-10-9-11(14-13-10)12(2,3)4/h9H,5-8H2,1-4H3. The lowest BCUT2D eigenvalue weighted by atomic mass is 9.93. The van der Waals surface area contributed by atoms with E-state index in [1.807, 2.05) is 0 Å². The summed E-state index contributed by atoms with van der Waals surface area (Å²) in [6.45, 7) is 8.64. The van der Waals surface area contributed by atoms with Gasteiger partial charge in [0.1, 0.15) is 5.76 Å². The molecule has 1 rings (SSSR count). The topological polar surface area (TPSA) is 26.0 Å². The molecule has 0 unspecified atom stereocenters. The van der Waals surface area contributed by atoms with Crippen LogP contribution in [0.2, 0.25) is 0 Å². The van der Waals surface area contributed by atoms with Crippen LogP contribution in [0.15, 0.2) is 10.6 Å². The van der Waals surface area contributed by atoms with E-state index in [0.717, 1.165) is 17.9 Å². The summed E-state index contributed by atoms with van der Waals surface area (Å²) in [4.78, 5) is 0. The van der Waals surface area contributed by atoms with Gasteiger partial charge in [0.05, 0.1) is 5.69 Å². The van der Waals surface area contributed by atoms with E-state index in [0.29, 0.717) is 0 Å². The normalized spacial score (nSPS) is 12.0. The van der Waals surface area contributed by atoms with Crippen molar-refractivity contribution in [3.63, 3.8) is 0 Å². The highest BCUT2D eigenvalue weighted by atomic mass is 16.5. The van der Waals surface area contributed by atoms with Gasteiger partial charge in [0.15, 0.2) is 0 Å². The van der Waals surface area contributed by atoms with Crippen LogP contribution in [-0.2, 0) is 11.8 Å². The van der Waals surface area contributed by atoms with Crippen LogP contribution in [0.25, 0.3) is 0 Å². The Morgan fingerprint density at radius 1 is 1.29 bits per heavy atom. The van der Waals surface area contributed by atoms with E-state index >= 15 is 0 Å². The first-order chi connectivity index (χ1) is 6.54. The third-order valence-corrected chi connectivity index (χ3v) is 2.33. The zero-order chi connectivity index (χ0) is 10.6. The first-order valence-corrected chi connectivity index (χ1v) is 5.50.